The lowest BCUT2D eigenvalue weighted by atomic mass is 10.0. The van der Waals surface area contributed by atoms with Gasteiger partial charge in [0.25, 0.3) is 0 Å². The Hall–Kier alpha value is -3.17. The molecule has 1 N–H and O–H groups in total. The van der Waals surface area contributed by atoms with E-state index < -0.39 is 9.84 Å². The van der Waals surface area contributed by atoms with Gasteiger partial charge in [-0.25, -0.2) is 18.4 Å². The quantitative estimate of drug-likeness (QED) is 0.496. The van der Waals surface area contributed by atoms with Gasteiger partial charge in [0, 0.05) is 42.8 Å². The number of ether oxygens (including phenoxy) is 1. The van der Waals surface area contributed by atoms with Crippen LogP contribution in [0, 0.1) is 13.8 Å². The molecule has 0 radical (unpaired) electrons. The molecular formula is C27H31N5O3S. The van der Waals surface area contributed by atoms with Crippen molar-refractivity contribution in [1.29, 1.82) is 0 Å². The molecule has 8 nitrogen and oxygen atoms in total. The largest absolute Gasteiger partial charge is 0.374 e. The summed E-state index contributed by atoms with van der Waals surface area (Å²) in [6, 6.07) is 9.44. The number of nitrogens with zero attached hydrogens (tertiary/aromatic N) is 4. The number of hydrogen-bond donors (Lipinski definition) is 1. The summed E-state index contributed by atoms with van der Waals surface area (Å²) in [6.45, 7) is 6.51. The number of anilines is 2. The van der Waals surface area contributed by atoms with Gasteiger partial charge in [-0.15, -0.1) is 0 Å². The normalized spacial score (nSPS) is 17.6. The second-order valence-electron chi connectivity index (χ2n) is 9.71. The molecule has 188 valence electrons. The van der Waals surface area contributed by atoms with Crippen LogP contribution in [0.25, 0.3) is 0 Å². The van der Waals surface area contributed by atoms with E-state index in [1.54, 1.807) is 6.07 Å². The summed E-state index contributed by atoms with van der Waals surface area (Å²) in [6.07, 6.45) is 5.39. The molecule has 2 aliphatic heterocycles. The van der Waals surface area contributed by atoms with Crippen molar-refractivity contribution in [2.45, 2.75) is 63.9 Å². The molecule has 0 saturated carbocycles. The van der Waals surface area contributed by atoms with E-state index in [0.29, 0.717) is 25.1 Å². The Labute approximate surface area is 212 Å². The highest BCUT2D eigenvalue weighted by Gasteiger charge is 2.23. The number of aromatic nitrogens is 3. The lowest BCUT2D eigenvalue weighted by molar-refractivity contribution is 0.0148. The number of rotatable bonds is 6. The SMILES string of the molecule is CC1=Nc2c(Nc3ccc([C@@H]4CCCCO4)cc3S(C)(=O)=O)cc(Cc3cc(C)nc(C)n3)nc2C1. The fourth-order valence-electron chi connectivity index (χ4n) is 4.92. The average molecular weight is 506 g/mol. The van der Waals surface area contributed by atoms with Gasteiger partial charge in [0.05, 0.1) is 33.8 Å². The fourth-order valence-corrected chi connectivity index (χ4v) is 5.79. The van der Waals surface area contributed by atoms with Crippen LogP contribution in [-0.2, 0) is 27.4 Å². The van der Waals surface area contributed by atoms with E-state index in [1.807, 2.05) is 45.0 Å². The maximum atomic E-state index is 12.8. The van der Waals surface area contributed by atoms with Gasteiger partial charge >= 0.3 is 0 Å². The van der Waals surface area contributed by atoms with Crippen LogP contribution in [0.4, 0.5) is 17.1 Å². The minimum atomic E-state index is -3.49. The number of aryl methyl sites for hydroxylation is 2. The zero-order valence-corrected chi connectivity index (χ0v) is 21.9. The first kappa shape index (κ1) is 24.5. The molecular weight excluding hydrogens is 474 g/mol. The van der Waals surface area contributed by atoms with E-state index in [2.05, 4.69) is 15.3 Å². The lowest BCUT2D eigenvalue weighted by Gasteiger charge is -2.24. The summed E-state index contributed by atoms with van der Waals surface area (Å²) >= 11 is 0. The molecule has 9 heteroatoms. The molecule has 4 heterocycles. The predicted octanol–water partition coefficient (Wildman–Crippen LogP) is 5.12. The molecule has 1 aromatic carbocycles. The van der Waals surface area contributed by atoms with E-state index in [0.717, 1.165) is 70.5 Å². The van der Waals surface area contributed by atoms with Gasteiger partial charge < -0.3 is 10.1 Å². The Morgan fingerprint density at radius 2 is 1.81 bits per heavy atom. The van der Waals surface area contributed by atoms with E-state index in [4.69, 9.17) is 14.7 Å². The van der Waals surface area contributed by atoms with Crippen molar-refractivity contribution >= 4 is 32.6 Å². The Morgan fingerprint density at radius 3 is 2.53 bits per heavy atom. The number of sulfone groups is 1. The summed E-state index contributed by atoms with van der Waals surface area (Å²) in [5.74, 6) is 0.725. The molecule has 36 heavy (non-hydrogen) atoms. The van der Waals surface area contributed by atoms with Gasteiger partial charge in [-0.05, 0) is 69.9 Å². The Balaban J connectivity index is 1.53. The molecule has 1 fully saturated rings. The van der Waals surface area contributed by atoms with Crippen molar-refractivity contribution in [3.05, 3.63) is 64.5 Å². The van der Waals surface area contributed by atoms with Gasteiger partial charge in [0.15, 0.2) is 9.84 Å². The molecule has 0 aliphatic carbocycles. The number of nitrogens with one attached hydrogen (secondary N) is 1. The zero-order chi connectivity index (χ0) is 25.4. The number of aliphatic imine (C=N–C) groups is 1. The zero-order valence-electron chi connectivity index (χ0n) is 21.1. The molecule has 1 saturated heterocycles. The van der Waals surface area contributed by atoms with Crippen LogP contribution in [0.1, 0.15) is 66.5 Å². The first-order valence-electron chi connectivity index (χ1n) is 12.3. The maximum absolute atomic E-state index is 12.8. The molecule has 5 rings (SSSR count). The van der Waals surface area contributed by atoms with Crippen molar-refractivity contribution in [3.8, 4) is 0 Å². The summed E-state index contributed by atoms with van der Waals surface area (Å²) < 4.78 is 31.5. The number of hydrogen-bond acceptors (Lipinski definition) is 8. The van der Waals surface area contributed by atoms with Crippen LogP contribution < -0.4 is 5.32 Å². The topological polar surface area (TPSA) is 106 Å². The molecule has 3 aromatic rings. The van der Waals surface area contributed by atoms with E-state index in [9.17, 15) is 8.42 Å². The van der Waals surface area contributed by atoms with Gasteiger partial charge in [0.2, 0.25) is 0 Å². The third-order valence-electron chi connectivity index (χ3n) is 6.45. The number of benzene rings is 1. The lowest BCUT2D eigenvalue weighted by Crippen LogP contribution is -2.13. The third-order valence-corrected chi connectivity index (χ3v) is 7.59. The Morgan fingerprint density at radius 1 is 1.00 bits per heavy atom. The fraction of sp³-hybridized carbons (Fsp3) is 0.407. The number of pyridine rings is 1. The molecule has 1 atom stereocenters. The summed E-state index contributed by atoms with van der Waals surface area (Å²) in [5.41, 5.74) is 7.40. The minimum absolute atomic E-state index is 0.0721. The summed E-state index contributed by atoms with van der Waals surface area (Å²) in [5, 5.41) is 3.38. The first-order valence-corrected chi connectivity index (χ1v) is 14.2. The predicted molar refractivity (Wildman–Crippen MR) is 140 cm³/mol. The average Bonchev–Trinajstić information content (AvgIpc) is 3.19. The Kier molecular flexibility index (Phi) is 6.61. The summed E-state index contributed by atoms with van der Waals surface area (Å²) in [7, 11) is -3.49. The standard InChI is InChI=1S/C27H31N5O3S/c1-16-11-20(30-18(3)28-16)14-21-15-24(27-23(31-21)12-17(2)29-27)32-22-9-8-19(13-26(22)36(4,33)34)25-7-5-6-10-35-25/h8-9,11,13,15,25H,5-7,10,12,14H2,1-4H3,(H,31,32)/t25-/m0/s1. The highest BCUT2D eigenvalue weighted by molar-refractivity contribution is 7.90. The van der Waals surface area contributed by atoms with Gasteiger partial charge in [-0.1, -0.05) is 6.07 Å². The van der Waals surface area contributed by atoms with Crippen molar-refractivity contribution < 1.29 is 13.2 Å². The second kappa shape index (κ2) is 9.71. The van der Waals surface area contributed by atoms with Crippen LogP contribution in [0.3, 0.4) is 0 Å². The molecule has 0 unspecified atom stereocenters. The van der Waals surface area contributed by atoms with E-state index in [-0.39, 0.29) is 11.0 Å². The van der Waals surface area contributed by atoms with Crippen molar-refractivity contribution in [2.75, 3.05) is 18.2 Å². The number of fused-ring (bicyclic) bond motifs is 1. The van der Waals surface area contributed by atoms with Gasteiger partial charge in [-0.2, -0.15) is 0 Å². The molecule has 0 bridgehead atoms. The van der Waals surface area contributed by atoms with Crippen molar-refractivity contribution in [2.24, 2.45) is 4.99 Å². The van der Waals surface area contributed by atoms with Crippen LogP contribution in [0.5, 0.6) is 0 Å². The summed E-state index contributed by atoms with van der Waals surface area (Å²) in [4.78, 5) is 18.7. The molecule has 0 spiro atoms. The smallest absolute Gasteiger partial charge is 0.177 e. The molecule has 2 aliphatic rings. The van der Waals surface area contributed by atoms with Crippen LogP contribution in [0.2, 0.25) is 0 Å². The maximum Gasteiger partial charge on any atom is 0.177 e. The van der Waals surface area contributed by atoms with Gasteiger partial charge in [-0.3, -0.25) is 9.98 Å². The van der Waals surface area contributed by atoms with E-state index >= 15 is 0 Å². The second-order valence-corrected chi connectivity index (χ2v) is 11.7. The van der Waals surface area contributed by atoms with E-state index in [1.165, 1.54) is 6.26 Å². The highest BCUT2D eigenvalue weighted by atomic mass is 32.2. The monoisotopic (exact) mass is 505 g/mol. The highest BCUT2D eigenvalue weighted by Crippen LogP contribution is 2.39. The van der Waals surface area contributed by atoms with Crippen molar-refractivity contribution in [1.82, 2.24) is 15.0 Å². The van der Waals surface area contributed by atoms with Crippen molar-refractivity contribution in [3.63, 3.8) is 0 Å². The third kappa shape index (κ3) is 5.32. The van der Waals surface area contributed by atoms with Crippen LogP contribution >= 0.6 is 0 Å². The van der Waals surface area contributed by atoms with Gasteiger partial charge in [0.1, 0.15) is 11.5 Å². The minimum Gasteiger partial charge on any atom is -0.374 e. The Bertz CT molecular complexity index is 1440. The van der Waals surface area contributed by atoms with Crippen LogP contribution in [-0.4, -0.2) is 41.9 Å². The molecule has 2 aromatic heterocycles. The first-order chi connectivity index (χ1) is 17.2. The van der Waals surface area contributed by atoms with Crippen LogP contribution in [0.15, 0.2) is 40.2 Å². The molecule has 0 amide bonds.